The van der Waals surface area contributed by atoms with Crippen molar-refractivity contribution in [3.63, 3.8) is 0 Å². The second-order valence-corrected chi connectivity index (χ2v) is 7.99. The molecule has 0 spiro atoms. The summed E-state index contributed by atoms with van der Waals surface area (Å²) in [6, 6.07) is 5.72. The highest BCUT2D eigenvalue weighted by molar-refractivity contribution is 14.0. The fourth-order valence-corrected chi connectivity index (χ4v) is 3.42. The number of ether oxygens (including phenoxy) is 2. The lowest BCUT2D eigenvalue weighted by molar-refractivity contribution is 0.311. The van der Waals surface area contributed by atoms with E-state index in [-0.39, 0.29) is 29.4 Å². The van der Waals surface area contributed by atoms with Crippen LogP contribution in [0.2, 0.25) is 0 Å². The molecule has 1 aromatic carbocycles. The molecule has 156 valence electrons. The zero-order chi connectivity index (χ0) is 19.9. The van der Waals surface area contributed by atoms with Crippen LogP contribution in [0.5, 0.6) is 11.5 Å². The number of aromatic nitrogens is 1. The molecule has 0 aliphatic rings. The topological polar surface area (TPSA) is 67.8 Å². The molecule has 0 amide bonds. The summed E-state index contributed by atoms with van der Waals surface area (Å²) in [6.07, 6.45) is 0.855. The van der Waals surface area contributed by atoms with E-state index in [0.29, 0.717) is 24.1 Å². The lowest BCUT2D eigenvalue weighted by Gasteiger charge is -2.15. The minimum Gasteiger partial charge on any atom is -0.493 e. The summed E-state index contributed by atoms with van der Waals surface area (Å²) in [5.74, 6) is 2.12. The summed E-state index contributed by atoms with van der Waals surface area (Å²) in [7, 11) is 3.39. The Balaban J connectivity index is 0.00000392. The van der Waals surface area contributed by atoms with E-state index in [9.17, 15) is 0 Å². The van der Waals surface area contributed by atoms with Gasteiger partial charge in [-0.3, -0.25) is 4.99 Å². The van der Waals surface area contributed by atoms with Gasteiger partial charge < -0.3 is 20.1 Å². The molecular formula is C20H31IN4O2S. The summed E-state index contributed by atoms with van der Waals surface area (Å²) in [6.45, 7) is 9.83. The molecule has 0 fully saturated rings. The van der Waals surface area contributed by atoms with E-state index in [4.69, 9.17) is 14.5 Å². The number of methoxy groups -OCH3 is 1. The Kier molecular flexibility index (Phi) is 10.0. The smallest absolute Gasteiger partial charge is 0.195 e. The summed E-state index contributed by atoms with van der Waals surface area (Å²) < 4.78 is 10.9. The first kappa shape index (κ1) is 24.5. The van der Waals surface area contributed by atoms with Crippen LogP contribution in [0.1, 0.15) is 38.4 Å². The Morgan fingerprint density at radius 2 is 2.00 bits per heavy atom. The number of anilines is 1. The van der Waals surface area contributed by atoms with Gasteiger partial charge >= 0.3 is 0 Å². The summed E-state index contributed by atoms with van der Waals surface area (Å²) in [4.78, 5) is 9.01. The lowest BCUT2D eigenvalue weighted by Crippen LogP contribution is -2.32. The molecule has 2 aromatic rings. The molecule has 0 saturated heterocycles. The van der Waals surface area contributed by atoms with E-state index < -0.39 is 0 Å². The SMILES string of the molecule is CCOc1cc(NC(=NC)NCCc2nc(C(C)(C)C)cs2)ccc1OC.I. The number of rotatable bonds is 7. The van der Waals surface area contributed by atoms with Crippen molar-refractivity contribution < 1.29 is 9.47 Å². The predicted octanol–water partition coefficient (Wildman–Crippen LogP) is 4.70. The number of nitrogens with zero attached hydrogens (tertiary/aromatic N) is 2. The normalized spacial score (nSPS) is 11.6. The monoisotopic (exact) mass is 518 g/mol. The zero-order valence-corrected chi connectivity index (χ0v) is 20.6. The van der Waals surface area contributed by atoms with Gasteiger partial charge in [-0.1, -0.05) is 20.8 Å². The summed E-state index contributed by atoms with van der Waals surface area (Å²) in [5.41, 5.74) is 2.12. The molecule has 0 atom stereocenters. The quantitative estimate of drug-likeness (QED) is 0.316. The van der Waals surface area contributed by atoms with Crippen molar-refractivity contribution in [2.45, 2.75) is 39.5 Å². The molecule has 2 N–H and O–H groups in total. The third kappa shape index (κ3) is 7.12. The average Bonchev–Trinajstić information content (AvgIpc) is 3.11. The van der Waals surface area contributed by atoms with Crippen LogP contribution in [-0.4, -0.2) is 38.3 Å². The molecule has 0 aliphatic carbocycles. The maximum Gasteiger partial charge on any atom is 0.195 e. The van der Waals surface area contributed by atoms with Gasteiger partial charge in [-0.05, 0) is 19.1 Å². The van der Waals surface area contributed by atoms with Crippen LogP contribution in [0, 0.1) is 0 Å². The number of benzene rings is 1. The molecule has 1 heterocycles. The molecule has 0 aliphatic heterocycles. The van der Waals surface area contributed by atoms with E-state index in [1.165, 1.54) is 0 Å². The number of aliphatic imine (C=N–C) groups is 1. The van der Waals surface area contributed by atoms with Gasteiger partial charge in [0.05, 0.1) is 24.4 Å². The Hall–Kier alpha value is -1.55. The maximum atomic E-state index is 5.62. The van der Waals surface area contributed by atoms with Gasteiger partial charge in [0.2, 0.25) is 0 Å². The Morgan fingerprint density at radius 1 is 1.25 bits per heavy atom. The van der Waals surface area contributed by atoms with Gasteiger partial charge in [-0.25, -0.2) is 4.98 Å². The van der Waals surface area contributed by atoms with Crippen LogP contribution in [0.25, 0.3) is 0 Å². The number of hydrogen-bond donors (Lipinski definition) is 2. The Morgan fingerprint density at radius 3 is 2.57 bits per heavy atom. The van der Waals surface area contributed by atoms with Crippen LogP contribution in [0.4, 0.5) is 5.69 Å². The second-order valence-electron chi connectivity index (χ2n) is 7.05. The minimum atomic E-state index is 0. The van der Waals surface area contributed by atoms with Crippen molar-refractivity contribution >= 4 is 47.0 Å². The fourth-order valence-electron chi connectivity index (χ4n) is 2.40. The van der Waals surface area contributed by atoms with E-state index in [2.05, 4.69) is 41.8 Å². The third-order valence-electron chi connectivity index (χ3n) is 3.90. The Labute approximate surface area is 189 Å². The van der Waals surface area contributed by atoms with Crippen molar-refractivity contribution in [3.05, 3.63) is 34.3 Å². The lowest BCUT2D eigenvalue weighted by atomic mass is 9.93. The van der Waals surface area contributed by atoms with Gasteiger partial charge in [-0.2, -0.15) is 0 Å². The van der Waals surface area contributed by atoms with Crippen molar-refractivity contribution in [2.75, 3.05) is 32.6 Å². The molecule has 1 aromatic heterocycles. The largest absolute Gasteiger partial charge is 0.493 e. The zero-order valence-electron chi connectivity index (χ0n) is 17.5. The Bertz CT molecular complexity index is 772. The van der Waals surface area contributed by atoms with Gasteiger partial charge in [0.1, 0.15) is 0 Å². The molecule has 0 bridgehead atoms. The van der Waals surface area contributed by atoms with Crippen molar-refractivity contribution in [1.82, 2.24) is 10.3 Å². The summed E-state index contributed by atoms with van der Waals surface area (Å²) >= 11 is 1.71. The van der Waals surface area contributed by atoms with E-state index in [0.717, 1.165) is 29.4 Å². The second kappa shape index (κ2) is 11.5. The average molecular weight is 518 g/mol. The molecule has 0 unspecified atom stereocenters. The number of halogens is 1. The molecule has 0 saturated carbocycles. The van der Waals surface area contributed by atoms with Crippen LogP contribution < -0.4 is 20.1 Å². The first-order valence-corrected chi connectivity index (χ1v) is 9.98. The number of hydrogen-bond acceptors (Lipinski definition) is 5. The molecular weight excluding hydrogens is 487 g/mol. The summed E-state index contributed by atoms with van der Waals surface area (Å²) in [5, 5.41) is 9.89. The van der Waals surface area contributed by atoms with Gasteiger partial charge in [-0.15, -0.1) is 35.3 Å². The van der Waals surface area contributed by atoms with Crippen LogP contribution in [-0.2, 0) is 11.8 Å². The van der Waals surface area contributed by atoms with Crippen LogP contribution >= 0.6 is 35.3 Å². The standard InChI is InChI=1S/C20H30N4O2S.HI/c1-7-26-16-12-14(8-9-15(16)25-6)23-19(21-5)22-11-10-18-24-17(13-27-18)20(2,3)4;/h8-9,12-13H,7,10-11H2,1-6H3,(H2,21,22,23);1H. The highest BCUT2D eigenvalue weighted by Crippen LogP contribution is 2.30. The minimum absolute atomic E-state index is 0. The molecule has 2 rings (SSSR count). The molecule has 28 heavy (non-hydrogen) atoms. The van der Waals surface area contributed by atoms with Crippen LogP contribution in [0.3, 0.4) is 0 Å². The number of nitrogens with one attached hydrogen (secondary N) is 2. The maximum absolute atomic E-state index is 5.62. The van der Waals surface area contributed by atoms with E-state index in [1.54, 1.807) is 25.5 Å². The van der Waals surface area contributed by atoms with Crippen molar-refractivity contribution in [3.8, 4) is 11.5 Å². The van der Waals surface area contributed by atoms with Gasteiger partial charge in [0.15, 0.2) is 17.5 Å². The highest BCUT2D eigenvalue weighted by atomic mass is 127. The number of thiazole rings is 1. The molecule has 8 heteroatoms. The van der Waals surface area contributed by atoms with E-state index >= 15 is 0 Å². The molecule has 0 radical (unpaired) electrons. The fraction of sp³-hybridized carbons (Fsp3) is 0.500. The predicted molar refractivity (Wildman–Crippen MR) is 129 cm³/mol. The van der Waals surface area contributed by atoms with Crippen LogP contribution in [0.15, 0.2) is 28.6 Å². The van der Waals surface area contributed by atoms with Gasteiger partial charge in [0, 0.05) is 42.6 Å². The highest BCUT2D eigenvalue weighted by Gasteiger charge is 2.17. The molecule has 6 nitrogen and oxygen atoms in total. The third-order valence-corrected chi connectivity index (χ3v) is 4.81. The number of guanidine groups is 1. The first-order valence-electron chi connectivity index (χ1n) is 9.10. The van der Waals surface area contributed by atoms with Crippen molar-refractivity contribution in [1.29, 1.82) is 0 Å². The van der Waals surface area contributed by atoms with E-state index in [1.807, 2.05) is 25.1 Å². The van der Waals surface area contributed by atoms with Crippen molar-refractivity contribution in [2.24, 2.45) is 4.99 Å². The first-order chi connectivity index (χ1) is 12.9. The van der Waals surface area contributed by atoms with Gasteiger partial charge in [0.25, 0.3) is 0 Å².